The summed E-state index contributed by atoms with van der Waals surface area (Å²) in [5, 5.41) is 14.6. The van der Waals surface area contributed by atoms with Gasteiger partial charge in [0.2, 0.25) is 9.84 Å². The van der Waals surface area contributed by atoms with Gasteiger partial charge in [-0.2, -0.15) is 5.26 Å². The molecule has 0 unspecified atom stereocenters. The summed E-state index contributed by atoms with van der Waals surface area (Å²) >= 11 is 0. The normalized spacial score (nSPS) is 12.2. The Kier molecular flexibility index (Phi) is 4.83. The third kappa shape index (κ3) is 3.26. The maximum atomic E-state index is 12.7. The van der Waals surface area contributed by atoms with E-state index in [1.54, 1.807) is 24.3 Å². The lowest BCUT2D eigenvalue weighted by atomic mass is 10.1. The number of para-hydroxylation sites is 1. The number of rotatable bonds is 5. The maximum Gasteiger partial charge on any atom is 0.218 e. The van der Waals surface area contributed by atoms with E-state index in [-0.39, 0.29) is 9.80 Å². The molecule has 1 heterocycles. The van der Waals surface area contributed by atoms with Crippen LogP contribution in [0.25, 0.3) is 21.8 Å². The van der Waals surface area contributed by atoms with Gasteiger partial charge in [-0.05, 0) is 43.3 Å². The van der Waals surface area contributed by atoms with E-state index < -0.39 is 9.84 Å². The highest BCUT2D eigenvalue weighted by atomic mass is 32.2. The first-order chi connectivity index (χ1) is 14.1. The summed E-state index contributed by atoms with van der Waals surface area (Å²) in [5.74, 6) is 0. The number of benzene rings is 3. The number of nitrogens with zero attached hydrogens (tertiary/aromatic N) is 2. The van der Waals surface area contributed by atoms with Crippen LogP contribution < -0.4 is 5.32 Å². The second-order valence-corrected chi connectivity index (χ2v) is 8.49. The van der Waals surface area contributed by atoms with Crippen molar-refractivity contribution in [1.29, 1.82) is 5.26 Å². The average molecular weight is 401 g/mol. The largest absolute Gasteiger partial charge is 0.360 e. The molecule has 1 N–H and O–H groups in total. The number of fused-ring (bicyclic) bond motifs is 3. The zero-order chi connectivity index (χ0) is 20.4. The number of aromatic nitrogens is 1. The molecule has 0 amide bonds. The average Bonchev–Trinajstić information content (AvgIpc) is 3.07. The van der Waals surface area contributed by atoms with Crippen molar-refractivity contribution >= 4 is 37.3 Å². The molecule has 0 fully saturated rings. The lowest BCUT2D eigenvalue weighted by Crippen LogP contribution is -2.05. The van der Waals surface area contributed by atoms with Gasteiger partial charge < -0.3 is 9.88 Å². The van der Waals surface area contributed by atoms with Gasteiger partial charge in [-0.25, -0.2) is 8.42 Å². The second kappa shape index (κ2) is 7.46. The van der Waals surface area contributed by atoms with E-state index in [0.29, 0.717) is 5.69 Å². The maximum absolute atomic E-state index is 12.7. The van der Waals surface area contributed by atoms with Crippen LogP contribution in [0.15, 0.2) is 88.8 Å². The Bertz CT molecular complexity index is 1380. The van der Waals surface area contributed by atoms with Gasteiger partial charge in [-0.1, -0.05) is 36.4 Å². The second-order valence-electron chi connectivity index (χ2n) is 6.57. The SMILES string of the molecule is CCn1c2ccccc2c2cc(N/C=C(/C#N)S(=O)(=O)c3ccccc3)ccc21. The summed E-state index contributed by atoms with van der Waals surface area (Å²) in [4.78, 5) is -0.240. The number of anilines is 1. The molecule has 0 bridgehead atoms. The van der Waals surface area contributed by atoms with Gasteiger partial charge in [-0.3, -0.25) is 0 Å². The van der Waals surface area contributed by atoms with Crippen LogP contribution >= 0.6 is 0 Å². The topological polar surface area (TPSA) is 74.9 Å². The minimum atomic E-state index is -3.86. The zero-order valence-corrected chi connectivity index (χ0v) is 16.6. The minimum absolute atomic E-state index is 0.0936. The van der Waals surface area contributed by atoms with Crippen LogP contribution in [-0.4, -0.2) is 13.0 Å². The first-order valence-corrected chi connectivity index (χ1v) is 10.7. The van der Waals surface area contributed by atoms with E-state index in [1.807, 2.05) is 30.3 Å². The molecule has 0 aliphatic carbocycles. The summed E-state index contributed by atoms with van der Waals surface area (Å²) < 4.78 is 27.6. The Morgan fingerprint density at radius 3 is 2.41 bits per heavy atom. The first kappa shape index (κ1) is 18.8. The quantitative estimate of drug-likeness (QED) is 0.474. The number of nitrogens with one attached hydrogen (secondary N) is 1. The number of aryl methyl sites for hydroxylation is 1. The molecule has 5 nitrogen and oxygen atoms in total. The van der Waals surface area contributed by atoms with Crippen molar-refractivity contribution in [2.75, 3.05) is 5.32 Å². The predicted octanol–water partition coefficient (Wildman–Crippen LogP) is 5.07. The molecule has 6 heteroatoms. The Labute approximate surface area is 169 Å². The highest BCUT2D eigenvalue weighted by molar-refractivity contribution is 7.95. The third-order valence-electron chi connectivity index (χ3n) is 4.91. The highest BCUT2D eigenvalue weighted by Crippen LogP contribution is 2.31. The number of hydrogen-bond acceptors (Lipinski definition) is 4. The smallest absolute Gasteiger partial charge is 0.218 e. The molecule has 0 spiro atoms. The van der Waals surface area contributed by atoms with Crippen molar-refractivity contribution in [1.82, 2.24) is 4.57 Å². The van der Waals surface area contributed by atoms with Crippen LogP contribution in [0.4, 0.5) is 5.69 Å². The van der Waals surface area contributed by atoms with Gasteiger partial charge in [-0.15, -0.1) is 0 Å². The summed E-state index contributed by atoms with van der Waals surface area (Å²) in [6, 6.07) is 23.8. The van der Waals surface area contributed by atoms with Gasteiger partial charge in [0.05, 0.1) is 4.90 Å². The van der Waals surface area contributed by atoms with Crippen molar-refractivity contribution in [2.45, 2.75) is 18.4 Å². The molecular formula is C23H19N3O2S. The number of allylic oxidation sites excluding steroid dienone is 1. The molecule has 0 aliphatic heterocycles. The number of hydrogen-bond donors (Lipinski definition) is 1. The van der Waals surface area contributed by atoms with Crippen molar-refractivity contribution in [3.05, 3.63) is 83.9 Å². The molecule has 0 radical (unpaired) electrons. The molecule has 0 saturated heterocycles. The fraction of sp³-hybridized carbons (Fsp3) is 0.0870. The van der Waals surface area contributed by atoms with Crippen LogP contribution in [-0.2, 0) is 16.4 Å². The van der Waals surface area contributed by atoms with Gasteiger partial charge in [0.15, 0.2) is 4.91 Å². The molecule has 4 rings (SSSR count). The standard InChI is InChI=1S/C23H19N3O2S/c1-2-26-22-11-7-6-10-20(22)21-14-17(12-13-23(21)26)25-16-19(15-24)29(27,28)18-8-4-3-5-9-18/h3-14,16,25H,2H2,1H3/b19-16-. The Morgan fingerprint density at radius 2 is 1.69 bits per heavy atom. The monoisotopic (exact) mass is 401 g/mol. The molecule has 29 heavy (non-hydrogen) atoms. The summed E-state index contributed by atoms with van der Waals surface area (Å²) in [7, 11) is -3.86. The summed E-state index contributed by atoms with van der Waals surface area (Å²) in [6.07, 6.45) is 1.25. The van der Waals surface area contributed by atoms with Gasteiger partial charge >= 0.3 is 0 Å². The van der Waals surface area contributed by atoms with E-state index in [4.69, 9.17) is 0 Å². The molecule has 0 aliphatic rings. The van der Waals surface area contributed by atoms with Gasteiger partial charge in [0, 0.05) is 40.2 Å². The van der Waals surface area contributed by atoms with E-state index in [0.717, 1.165) is 28.4 Å². The lowest BCUT2D eigenvalue weighted by Gasteiger charge is -2.06. The fourth-order valence-corrected chi connectivity index (χ4v) is 4.63. The van der Waals surface area contributed by atoms with Crippen LogP contribution in [0.1, 0.15) is 6.92 Å². The van der Waals surface area contributed by atoms with Crippen molar-refractivity contribution in [2.24, 2.45) is 0 Å². The molecule has 0 saturated carbocycles. The Hall–Kier alpha value is -3.56. The van der Waals surface area contributed by atoms with Crippen LogP contribution in [0, 0.1) is 11.3 Å². The fourth-order valence-electron chi connectivity index (χ4n) is 3.53. The predicted molar refractivity (Wildman–Crippen MR) is 116 cm³/mol. The van der Waals surface area contributed by atoms with E-state index >= 15 is 0 Å². The lowest BCUT2D eigenvalue weighted by molar-refractivity contribution is 0.603. The molecule has 0 atom stereocenters. The van der Waals surface area contributed by atoms with Gasteiger partial charge in [0.25, 0.3) is 0 Å². The summed E-state index contributed by atoms with van der Waals surface area (Å²) in [5.41, 5.74) is 2.98. The van der Waals surface area contributed by atoms with E-state index in [9.17, 15) is 13.7 Å². The molecular weight excluding hydrogens is 382 g/mol. The van der Waals surface area contributed by atoms with Crippen LogP contribution in [0.2, 0.25) is 0 Å². The van der Waals surface area contributed by atoms with Crippen LogP contribution in [0.5, 0.6) is 0 Å². The molecule has 3 aromatic carbocycles. The first-order valence-electron chi connectivity index (χ1n) is 9.24. The molecule has 144 valence electrons. The minimum Gasteiger partial charge on any atom is -0.360 e. The Balaban J connectivity index is 1.74. The van der Waals surface area contributed by atoms with Crippen molar-refractivity contribution < 1.29 is 8.42 Å². The number of nitriles is 1. The van der Waals surface area contributed by atoms with E-state index in [1.165, 1.54) is 18.3 Å². The van der Waals surface area contributed by atoms with Crippen LogP contribution in [0.3, 0.4) is 0 Å². The molecule has 1 aromatic heterocycles. The molecule has 4 aromatic rings. The Morgan fingerprint density at radius 1 is 1.00 bits per heavy atom. The van der Waals surface area contributed by atoms with Crippen molar-refractivity contribution in [3.63, 3.8) is 0 Å². The summed E-state index contributed by atoms with van der Waals surface area (Å²) in [6.45, 7) is 2.96. The number of sulfone groups is 1. The van der Waals surface area contributed by atoms with E-state index in [2.05, 4.69) is 28.9 Å². The van der Waals surface area contributed by atoms with Gasteiger partial charge in [0.1, 0.15) is 6.07 Å². The van der Waals surface area contributed by atoms with Crippen molar-refractivity contribution in [3.8, 4) is 6.07 Å². The highest BCUT2D eigenvalue weighted by Gasteiger charge is 2.20. The third-order valence-corrected chi connectivity index (χ3v) is 6.59. The zero-order valence-electron chi connectivity index (χ0n) is 15.8.